The molecule has 3 aromatic rings. The van der Waals surface area contributed by atoms with E-state index in [0.29, 0.717) is 13.0 Å². The second kappa shape index (κ2) is 7.55. The van der Waals surface area contributed by atoms with E-state index in [9.17, 15) is 19.5 Å². The van der Waals surface area contributed by atoms with E-state index in [2.05, 4.69) is 10.6 Å². The van der Waals surface area contributed by atoms with Crippen molar-refractivity contribution in [2.45, 2.75) is 12.5 Å². The Balaban J connectivity index is 1.63. The van der Waals surface area contributed by atoms with Gasteiger partial charge < -0.3 is 25.4 Å². The second-order valence-electron chi connectivity index (χ2n) is 7.31. The average Bonchev–Trinajstić information content (AvgIpc) is 2.76. The molecule has 8 heteroatoms. The monoisotopic (exact) mass is 407 g/mol. The minimum absolute atomic E-state index is 0.0636. The molecule has 8 nitrogen and oxygen atoms in total. The number of anilines is 3. The van der Waals surface area contributed by atoms with Crippen LogP contribution < -0.4 is 26.2 Å². The maximum absolute atomic E-state index is 12.2. The lowest BCUT2D eigenvalue weighted by Gasteiger charge is -2.28. The van der Waals surface area contributed by atoms with Gasteiger partial charge in [-0.3, -0.25) is 14.4 Å². The molecular weight excluding hydrogens is 386 g/mol. The predicted molar refractivity (Wildman–Crippen MR) is 114 cm³/mol. The highest BCUT2D eigenvalue weighted by Crippen LogP contribution is 2.36. The van der Waals surface area contributed by atoms with Gasteiger partial charge in [0.2, 0.25) is 0 Å². The van der Waals surface area contributed by atoms with E-state index in [4.69, 9.17) is 4.74 Å². The molecule has 0 aromatic heterocycles. The Hall–Kier alpha value is -3.81. The number of aromatic hydroxyl groups is 1. The summed E-state index contributed by atoms with van der Waals surface area (Å²) in [7, 11) is 3.15. The number of benzene rings is 2. The molecule has 1 aliphatic rings. The van der Waals surface area contributed by atoms with Gasteiger partial charge in [-0.2, -0.15) is 0 Å². The Kier molecular flexibility index (Phi) is 4.91. The molecule has 3 aromatic carbocycles. The summed E-state index contributed by atoms with van der Waals surface area (Å²) in [4.78, 5) is 38.0. The standard InChI is InChI=1S/C22H21N3O5/c1-25(2)22(29)13-7-5-8-15(19(13)26)24-18-17(20(27)21(18)28)23-14-10-11-30-16-9-4-3-6-12(14)16/h3-9,14,23-24,26H,10-11H2,1-2H3/t14-/m1/s1. The van der Waals surface area contributed by atoms with E-state index < -0.39 is 10.9 Å². The van der Waals surface area contributed by atoms with Crippen molar-refractivity contribution in [1.29, 1.82) is 0 Å². The van der Waals surface area contributed by atoms with Crippen LogP contribution in [-0.4, -0.2) is 36.6 Å². The molecule has 0 fully saturated rings. The summed E-state index contributed by atoms with van der Waals surface area (Å²) >= 11 is 0. The number of rotatable bonds is 5. The first-order valence-corrected chi connectivity index (χ1v) is 9.50. The molecule has 1 amide bonds. The van der Waals surface area contributed by atoms with Crippen LogP contribution in [-0.2, 0) is 0 Å². The molecule has 4 rings (SSSR count). The van der Waals surface area contributed by atoms with Crippen molar-refractivity contribution in [2.75, 3.05) is 31.3 Å². The van der Waals surface area contributed by atoms with Gasteiger partial charge in [0, 0.05) is 26.1 Å². The molecule has 1 aliphatic heterocycles. The molecular formula is C22H21N3O5. The Bertz CT molecular complexity index is 1190. The molecule has 3 N–H and O–H groups in total. The highest BCUT2D eigenvalue weighted by molar-refractivity contribution is 5.99. The highest BCUT2D eigenvalue weighted by Gasteiger charge is 2.28. The minimum Gasteiger partial charge on any atom is -0.505 e. The number of hydrogen-bond donors (Lipinski definition) is 3. The van der Waals surface area contributed by atoms with Crippen molar-refractivity contribution >= 4 is 23.0 Å². The van der Waals surface area contributed by atoms with Gasteiger partial charge in [-0.1, -0.05) is 24.3 Å². The van der Waals surface area contributed by atoms with E-state index in [0.717, 1.165) is 11.3 Å². The number of ether oxygens (including phenoxy) is 1. The van der Waals surface area contributed by atoms with Gasteiger partial charge in [0.15, 0.2) is 5.75 Å². The van der Waals surface area contributed by atoms with Crippen molar-refractivity contribution in [3.8, 4) is 11.5 Å². The van der Waals surface area contributed by atoms with E-state index >= 15 is 0 Å². The molecule has 1 heterocycles. The van der Waals surface area contributed by atoms with Crippen molar-refractivity contribution in [3.05, 3.63) is 74.0 Å². The molecule has 30 heavy (non-hydrogen) atoms. The topological polar surface area (TPSA) is 108 Å². The predicted octanol–water partition coefficient (Wildman–Crippen LogP) is 2.37. The molecule has 154 valence electrons. The Morgan fingerprint density at radius 1 is 1.07 bits per heavy atom. The fourth-order valence-electron chi connectivity index (χ4n) is 3.51. The van der Waals surface area contributed by atoms with Crippen LogP contribution in [0.15, 0.2) is 52.1 Å². The van der Waals surface area contributed by atoms with Crippen molar-refractivity contribution in [1.82, 2.24) is 4.90 Å². The molecule has 1 atom stereocenters. The third-order valence-electron chi connectivity index (χ3n) is 5.12. The number of nitrogens with one attached hydrogen (secondary N) is 2. The quantitative estimate of drug-likeness (QED) is 0.440. The highest BCUT2D eigenvalue weighted by atomic mass is 16.5. The first-order valence-electron chi connectivity index (χ1n) is 9.50. The number of phenolic OH excluding ortho intramolecular Hbond substituents is 1. The Morgan fingerprint density at radius 2 is 1.80 bits per heavy atom. The Morgan fingerprint density at radius 3 is 2.57 bits per heavy atom. The average molecular weight is 407 g/mol. The lowest BCUT2D eigenvalue weighted by molar-refractivity contribution is 0.0824. The van der Waals surface area contributed by atoms with Crippen LogP contribution in [0, 0.1) is 0 Å². The third-order valence-corrected chi connectivity index (χ3v) is 5.12. The fourth-order valence-corrected chi connectivity index (χ4v) is 3.51. The minimum atomic E-state index is -0.679. The molecule has 0 spiro atoms. The molecule has 0 saturated heterocycles. The third kappa shape index (κ3) is 3.26. The molecule has 0 bridgehead atoms. The van der Waals surface area contributed by atoms with Gasteiger partial charge in [0.05, 0.1) is 23.9 Å². The maximum Gasteiger partial charge on any atom is 0.257 e. The molecule has 0 radical (unpaired) electrons. The number of carbonyl (C=O) groups is 1. The smallest absolute Gasteiger partial charge is 0.257 e. The molecule has 0 unspecified atom stereocenters. The van der Waals surface area contributed by atoms with Crippen LogP contribution in [0.1, 0.15) is 28.4 Å². The zero-order valence-corrected chi connectivity index (χ0v) is 16.6. The lowest BCUT2D eigenvalue weighted by Crippen LogP contribution is -2.38. The number of amides is 1. The Labute approximate surface area is 172 Å². The van der Waals surface area contributed by atoms with Crippen LogP contribution >= 0.6 is 0 Å². The normalized spacial score (nSPS) is 15.2. The van der Waals surface area contributed by atoms with E-state index in [-0.39, 0.29) is 40.3 Å². The summed E-state index contributed by atoms with van der Waals surface area (Å²) in [5.41, 5.74) is 0.0909. The van der Waals surface area contributed by atoms with E-state index in [1.54, 1.807) is 20.2 Å². The van der Waals surface area contributed by atoms with Gasteiger partial charge in [-0.15, -0.1) is 0 Å². The molecule has 0 saturated carbocycles. The summed E-state index contributed by atoms with van der Waals surface area (Å²) in [6.07, 6.45) is 0.632. The zero-order chi connectivity index (χ0) is 21.4. The van der Waals surface area contributed by atoms with Gasteiger partial charge in [-0.05, 0) is 18.2 Å². The zero-order valence-electron chi connectivity index (χ0n) is 16.6. The first-order chi connectivity index (χ1) is 14.4. The summed E-state index contributed by atoms with van der Waals surface area (Å²) in [5.74, 6) is 0.0758. The van der Waals surface area contributed by atoms with Crippen LogP contribution in [0.5, 0.6) is 11.5 Å². The summed E-state index contributed by atoms with van der Waals surface area (Å²) in [6.45, 7) is 0.488. The summed E-state index contributed by atoms with van der Waals surface area (Å²) < 4.78 is 5.64. The van der Waals surface area contributed by atoms with E-state index in [1.807, 2.05) is 24.3 Å². The van der Waals surface area contributed by atoms with Crippen molar-refractivity contribution in [3.63, 3.8) is 0 Å². The second-order valence-corrected chi connectivity index (χ2v) is 7.31. The number of fused-ring (bicyclic) bond motifs is 1. The SMILES string of the molecule is CN(C)C(=O)c1cccc(Nc2c(N[C@@H]3CCOc4ccccc43)c(=O)c2=O)c1O. The number of phenols is 1. The van der Waals surface area contributed by atoms with Crippen LogP contribution in [0.4, 0.5) is 17.1 Å². The lowest BCUT2D eigenvalue weighted by atomic mass is 9.99. The largest absolute Gasteiger partial charge is 0.505 e. The van der Waals surface area contributed by atoms with Crippen LogP contribution in [0.3, 0.4) is 0 Å². The number of hydrogen-bond acceptors (Lipinski definition) is 7. The summed E-state index contributed by atoms with van der Waals surface area (Å²) in [6, 6.07) is 11.9. The van der Waals surface area contributed by atoms with E-state index in [1.165, 1.54) is 17.0 Å². The van der Waals surface area contributed by atoms with Gasteiger partial charge in [0.25, 0.3) is 16.8 Å². The number of nitrogens with zero attached hydrogens (tertiary/aromatic N) is 1. The maximum atomic E-state index is 12.2. The van der Waals surface area contributed by atoms with Gasteiger partial charge in [-0.25, -0.2) is 0 Å². The fraction of sp³-hybridized carbons (Fsp3) is 0.227. The summed E-state index contributed by atoms with van der Waals surface area (Å²) in [5, 5.41) is 16.5. The van der Waals surface area contributed by atoms with Crippen molar-refractivity contribution < 1.29 is 14.6 Å². The van der Waals surface area contributed by atoms with Crippen molar-refractivity contribution in [2.24, 2.45) is 0 Å². The number of para-hydroxylation sites is 2. The van der Waals surface area contributed by atoms with Gasteiger partial charge in [0.1, 0.15) is 17.1 Å². The molecule has 0 aliphatic carbocycles. The van der Waals surface area contributed by atoms with Gasteiger partial charge >= 0.3 is 0 Å². The number of carbonyl (C=O) groups excluding carboxylic acids is 1. The first kappa shape index (κ1) is 19.5. The van der Waals surface area contributed by atoms with Crippen LogP contribution in [0.2, 0.25) is 0 Å². The van der Waals surface area contributed by atoms with Crippen LogP contribution in [0.25, 0.3) is 0 Å².